The number of halogens is 3. The third kappa shape index (κ3) is 2.46. The molecule has 0 aromatic carbocycles. The monoisotopic (exact) mass is 240 g/mol. The van der Waals surface area contributed by atoms with Crippen LogP contribution in [0.5, 0.6) is 0 Å². The molecule has 0 heterocycles. The quantitative estimate of drug-likeness (QED) is 0.655. The van der Waals surface area contributed by atoms with Crippen LogP contribution in [0.3, 0.4) is 0 Å². The van der Waals surface area contributed by atoms with Crippen LogP contribution < -0.4 is 11.1 Å². The van der Waals surface area contributed by atoms with Gasteiger partial charge in [-0.15, -0.1) is 0 Å². The van der Waals surface area contributed by atoms with Crippen molar-refractivity contribution in [2.24, 2.45) is 11.1 Å². The van der Waals surface area contributed by atoms with Crippen molar-refractivity contribution in [3.63, 3.8) is 0 Å². The molecule has 1 amide bonds. The highest BCUT2D eigenvalue weighted by Gasteiger charge is 2.54. The molecule has 1 unspecified atom stereocenters. The van der Waals surface area contributed by atoms with Crippen molar-refractivity contribution in [2.45, 2.75) is 31.5 Å². The molecule has 0 spiro atoms. The average Bonchev–Trinajstić information content (AvgIpc) is 2.93. The van der Waals surface area contributed by atoms with Crippen LogP contribution in [0.25, 0.3) is 0 Å². The highest BCUT2D eigenvalue weighted by molar-refractivity contribution is 5.86. The fraction of sp³-hybridized carbons (Fsp3) is 0.889. The second kappa shape index (κ2) is 3.89. The summed E-state index contributed by atoms with van der Waals surface area (Å²) in [6.45, 7) is 0.520. The summed E-state index contributed by atoms with van der Waals surface area (Å²) in [5, 5.41) is 11.1. The number of carbonyl (C=O) groups is 1. The number of hydrogen-bond acceptors (Lipinski definition) is 3. The molecule has 4 N–H and O–H groups in total. The topological polar surface area (TPSA) is 75.4 Å². The predicted molar refractivity (Wildman–Crippen MR) is 50.4 cm³/mol. The van der Waals surface area contributed by atoms with Crippen molar-refractivity contribution in [3.8, 4) is 0 Å². The molecule has 4 nitrogen and oxygen atoms in total. The first-order valence-electron chi connectivity index (χ1n) is 4.89. The first kappa shape index (κ1) is 13.2. The summed E-state index contributed by atoms with van der Waals surface area (Å²) in [4.78, 5) is 11.3. The zero-order valence-corrected chi connectivity index (χ0v) is 8.90. The average molecular weight is 240 g/mol. The Kier molecular flexibility index (Phi) is 3.22. The summed E-state index contributed by atoms with van der Waals surface area (Å²) in [5.74, 6) is -1.26. The van der Waals surface area contributed by atoms with Crippen LogP contribution in [0, 0.1) is 5.41 Å². The number of aliphatic hydroxyl groups excluding tert-OH is 1. The molecule has 0 aromatic heterocycles. The second-order valence-corrected chi connectivity index (χ2v) is 4.54. The molecule has 16 heavy (non-hydrogen) atoms. The lowest BCUT2D eigenvalue weighted by atomic mass is 10.0. The van der Waals surface area contributed by atoms with E-state index in [2.05, 4.69) is 5.32 Å². The molecule has 0 radical (unpaired) electrons. The predicted octanol–water partition coefficient (Wildman–Crippen LogP) is 0.155. The Labute approximate surface area is 91.0 Å². The SMILES string of the molecule is CC(N)(C(=O)NCC1(CO)CC1)C(F)(F)F. The molecule has 1 aliphatic rings. The molecule has 1 aliphatic carbocycles. The zero-order valence-electron chi connectivity index (χ0n) is 8.90. The molecular weight excluding hydrogens is 225 g/mol. The zero-order chi connectivity index (χ0) is 12.6. The van der Waals surface area contributed by atoms with Crippen molar-refractivity contribution in [3.05, 3.63) is 0 Å². The van der Waals surface area contributed by atoms with E-state index in [1.54, 1.807) is 0 Å². The van der Waals surface area contributed by atoms with Crippen molar-refractivity contribution in [1.29, 1.82) is 0 Å². The molecule has 1 rings (SSSR count). The maximum absolute atomic E-state index is 12.4. The first-order valence-corrected chi connectivity index (χ1v) is 4.89. The highest BCUT2D eigenvalue weighted by Crippen LogP contribution is 2.44. The van der Waals surface area contributed by atoms with Gasteiger partial charge >= 0.3 is 6.18 Å². The molecule has 0 aromatic rings. The molecule has 0 saturated heterocycles. The third-order valence-electron chi connectivity index (χ3n) is 2.98. The molecule has 1 saturated carbocycles. The highest BCUT2D eigenvalue weighted by atomic mass is 19.4. The molecule has 7 heteroatoms. The Hall–Kier alpha value is -0.820. The van der Waals surface area contributed by atoms with E-state index < -0.39 is 23.0 Å². The summed E-state index contributed by atoms with van der Waals surface area (Å²) in [6.07, 6.45) is -3.37. The van der Waals surface area contributed by atoms with Crippen molar-refractivity contribution in [1.82, 2.24) is 5.32 Å². The van der Waals surface area contributed by atoms with Gasteiger partial charge in [0.1, 0.15) is 0 Å². The summed E-state index contributed by atoms with van der Waals surface area (Å²) < 4.78 is 37.1. The Morgan fingerprint density at radius 3 is 2.31 bits per heavy atom. The van der Waals surface area contributed by atoms with Crippen molar-refractivity contribution >= 4 is 5.91 Å². The number of rotatable bonds is 4. The van der Waals surface area contributed by atoms with Crippen LogP contribution in [-0.2, 0) is 4.79 Å². The number of aliphatic hydroxyl groups is 1. The maximum atomic E-state index is 12.4. The van der Waals surface area contributed by atoms with E-state index in [-0.39, 0.29) is 13.2 Å². The van der Waals surface area contributed by atoms with E-state index in [1.165, 1.54) is 0 Å². The fourth-order valence-corrected chi connectivity index (χ4v) is 1.15. The maximum Gasteiger partial charge on any atom is 0.415 e. The van der Waals surface area contributed by atoms with Gasteiger partial charge in [0.2, 0.25) is 5.91 Å². The number of alkyl halides is 3. The summed E-state index contributed by atoms with van der Waals surface area (Å²) >= 11 is 0. The summed E-state index contributed by atoms with van der Waals surface area (Å²) in [6, 6.07) is 0. The molecule has 1 atom stereocenters. The standard InChI is InChI=1S/C9H15F3N2O2/c1-7(13,9(10,11)12)6(16)14-4-8(5-15)2-3-8/h15H,2-5,13H2,1H3,(H,14,16). The third-order valence-corrected chi connectivity index (χ3v) is 2.98. The van der Waals surface area contributed by atoms with Gasteiger partial charge in [0.05, 0.1) is 6.61 Å². The van der Waals surface area contributed by atoms with Gasteiger partial charge in [-0.3, -0.25) is 4.79 Å². The lowest BCUT2D eigenvalue weighted by Gasteiger charge is -2.27. The van der Waals surface area contributed by atoms with E-state index >= 15 is 0 Å². The Balaban J connectivity index is 2.52. The minimum atomic E-state index is -4.78. The Morgan fingerprint density at radius 2 is 2.00 bits per heavy atom. The van der Waals surface area contributed by atoms with E-state index in [9.17, 15) is 18.0 Å². The molecule has 0 aliphatic heterocycles. The van der Waals surface area contributed by atoms with Crippen LogP contribution in [-0.4, -0.2) is 35.9 Å². The van der Waals surface area contributed by atoms with Gasteiger partial charge in [0.15, 0.2) is 5.54 Å². The first-order chi connectivity index (χ1) is 7.15. The van der Waals surface area contributed by atoms with E-state index in [0.29, 0.717) is 19.8 Å². The van der Waals surface area contributed by atoms with Gasteiger partial charge in [0, 0.05) is 12.0 Å². The molecular formula is C9H15F3N2O2. The molecule has 94 valence electrons. The van der Waals surface area contributed by atoms with Gasteiger partial charge < -0.3 is 16.2 Å². The Bertz CT molecular complexity index is 285. The summed E-state index contributed by atoms with van der Waals surface area (Å²) in [5.41, 5.74) is 1.61. The minimum absolute atomic E-state index is 0.0329. The normalized spacial score (nSPS) is 22.4. The van der Waals surface area contributed by atoms with Gasteiger partial charge in [-0.2, -0.15) is 13.2 Å². The van der Waals surface area contributed by atoms with E-state index in [1.807, 2.05) is 0 Å². The number of hydrogen-bond donors (Lipinski definition) is 3. The van der Waals surface area contributed by atoms with Crippen LogP contribution in [0.2, 0.25) is 0 Å². The second-order valence-electron chi connectivity index (χ2n) is 4.54. The van der Waals surface area contributed by atoms with Gasteiger partial charge in [-0.1, -0.05) is 0 Å². The summed E-state index contributed by atoms with van der Waals surface area (Å²) in [7, 11) is 0. The van der Waals surface area contributed by atoms with Crippen LogP contribution >= 0.6 is 0 Å². The molecule has 1 fully saturated rings. The lowest BCUT2D eigenvalue weighted by Crippen LogP contribution is -2.61. The molecule has 0 bridgehead atoms. The van der Waals surface area contributed by atoms with Gasteiger partial charge in [0.25, 0.3) is 0 Å². The van der Waals surface area contributed by atoms with Crippen LogP contribution in [0.4, 0.5) is 13.2 Å². The number of carbonyl (C=O) groups excluding carboxylic acids is 1. The van der Waals surface area contributed by atoms with Gasteiger partial charge in [-0.25, -0.2) is 0 Å². The smallest absolute Gasteiger partial charge is 0.396 e. The van der Waals surface area contributed by atoms with Crippen molar-refractivity contribution < 1.29 is 23.1 Å². The Morgan fingerprint density at radius 1 is 1.50 bits per heavy atom. The van der Waals surface area contributed by atoms with Crippen LogP contribution in [0.1, 0.15) is 19.8 Å². The number of nitrogens with one attached hydrogen (secondary N) is 1. The number of nitrogens with two attached hydrogens (primary N) is 1. The number of amides is 1. The fourth-order valence-electron chi connectivity index (χ4n) is 1.15. The van der Waals surface area contributed by atoms with Crippen molar-refractivity contribution in [2.75, 3.05) is 13.2 Å². The van der Waals surface area contributed by atoms with Crippen LogP contribution in [0.15, 0.2) is 0 Å². The van der Waals surface area contributed by atoms with E-state index in [4.69, 9.17) is 10.8 Å². The van der Waals surface area contributed by atoms with Gasteiger partial charge in [-0.05, 0) is 19.8 Å². The largest absolute Gasteiger partial charge is 0.415 e. The van der Waals surface area contributed by atoms with E-state index in [0.717, 1.165) is 0 Å². The minimum Gasteiger partial charge on any atom is -0.396 e. The lowest BCUT2D eigenvalue weighted by molar-refractivity contribution is -0.187.